The zero-order valence-electron chi connectivity index (χ0n) is 9.20. The number of hydrogen-bond donors (Lipinski definition) is 2. The number of benzene rings is 1. The molecule has 0 aliphatic heterocycles. The Morgan fingerprint density at radius 1 is 1.33 bits per heavy atom. The molecule has 0 spiro atoms. The fourth-order valence-electron chi connectivity index (χ4n) is 1.44. The molecule has 0 radical (unpaired) electrons. The molecule has 0 fully saturated rings. The van der Waals surface area contributed by atoms with Crippen LogP contribution in [0.2, 0.25) is 0 Å². The molecule has 0 unspecified atom stereocenters. The minimum absolute atomic E-state index is 0.0232. The summed E-state index contributed by atoms with van der Waals surface area (Å²) in [6, 6.07) is 6.72. The van der Waals surface area contributed by atoms with E-state index < -0.39 is 0 Å². The van der Waals surface area contributed by atoms with Crippen LogP contribution in [-0.2, 0) is 0 Å². The summed E-state index contributed by atoms with van der Waals surface area (Å²) >= 11 is 0. The van der Waals surface area contributed by atoms with Crippen LogP contribution in [0, 0.1) is 5.82 Å². The first-order chi connectivity index (χ1) is 7.11. The van der Waals surface area contributed by atoms with Gasteiger partial charge in [-0.1, -0.05) is 18.2 Å². The van der Waals surface area contributed by atoms with Crippen LogP contribution in [0.5, 0.6) is 0 Å². The third kappa shape index (κ3) is 3.98. The lowest BCUT2D eigenvalue weighted by molar-refractivity contribution is 0.182. The van der Waals surface area contributed by atoms with E-state index in [4.69, 9.17) is 5.11 Å². The van der Waals surface area contributed by atoms with Crippen molar-refractivity contribution in [3.05, 3.63) is 35.6 Å². The van der Waals surface area contributed by atoms with Crippen LogP contribution in [0.3, 0.4) is 0 Å². The Balaban J connectivity index is 2.47. The number of hydrogen-bond acceptors (Lipinski definition) is 2. The lowest BCUT2D eigenvalue weighted by Crippen LogP contribution is -2.23. The summed E-state index contributed by atoms with van der Waals surface area (Å²) in [6.45, 7) is 4.35. The van der Waals surface area contributed by atoms with E-state index in [1.165, 1.54) is 6.07 Å². The largest absolute Gasteiger partial charge is 0.393 e. The van der Waals surface area contributed by atoms with Gasteiger partial charge in [0, 0.05) is 11.6 Å². The highest BCUT2D eigenvalue weighted by Gasteiger charge is 2.09. The first-order valence-corrected chi connectivity index (χ1v) is 5.27. The van der Waals surface area contributed by atoms with E-state index in [1.54, 1.807) is 19.1 Å². The van der Waals surface area contributed by atoms with Gasteiger partial charge in [0.1, 0.15) is 5.82 Å². The Morgan fingerprint density at radius 2 is 2.00 bits per heavy atom. The summed E-state index contributed by atoms with van der Waals surface area (Å²) < 4.78 is 13.3. The van der Waals surface area contributed by atoms with E-state index in [1.807, 2.05) is 13.0 Å². The van der Waals surface area contributed by atoms with Crippen LogP contribution in [0.1, 0.15) is 31.9 Å². The van der Waals surface area contributed by atoms with Crippen molar-refractivity contribution in [1.29, 1.82) is 0 Å². The van der Waals surface area contributed by atoms with Gasteiger partial charge in [-0.3, -0.25) is 0 Å². The molecule has 1 aromatic carbocycles. The predicted octanol–water partition coefficient (Wildman–Crippen LogP) is 2.25. The molecule has 0 amide bonds. The summed E-state index contributed by atoms with van der Waals surface area (Å²) in [5.74, 6) is -0.186. The predicted molar refractivity (Wildman–Crippen MR) is 59.1 cm³/mol. The zero-order valence-corrected chi connectivity index (χ0v) is 9.20. The van der Waals surface area contributed by atoms with Gasteiger partial charge in [0.05, 0.1) is 6.10 Å². The smallest absolute Gasteiger partial charge is 0.127 e. The van der Waals surface area contributed by atoms with E-state index in [0.717, 1.165) is 0 Å². The second kappa shape index (κ2) is 5.83. The van der Waals surface area contributed by atoms with E-state index >= 15 is 0 Å². The Labute approximate surface area is 90.1 Å². The molecule has 0 saturated carbocycles. The van der Waals surface area contributed by atoms with Crippen molar-refractivity contribution in [2.45, 2.75) is 32.4 Å². The number of nitrogens with one attached hydrogen (secondary N) is 1. The van der Waals surface area contributed by atoms with Crippen molar-refractivity contribution >= 4 is 0 Å². The van der Waals surface area contributed by atoms with Crippen molar-refractivity contribution in [2.75, 3.05) is 6.54 Å². The fourth-order valence-corrected chi connectivity index (χ4v) is 1.44. The molecule has 3 heteroatoms. The molecule has 0 aromatic heterocycles. The molecular weight excluding hydrogens is 193 g/mol. The monoisotopic (exact) mass is 211 g/mol. The van der Waals surface area contributed by atoms with Gasteiger partial charge >= 0.3 is 0 Å². The van der Waals surface area contributed by atoms with Gasteiger partial charge in [0.2, 0.25) is 0 Å². The van der Waals surface area contributed by atoms with Crippen LogP contribution in [0.25, 0.3) is 0 Å². The topological polar surface area (TPSA) is 32.3 Å². The number of halogens is 1. The second-order valence-electron chi connectivity index (χ2n) is 3.84. The molecule has 84 valence electrons. The summed E-state index contributed by atoms with van der Waals surface area (Å²) in [6.07, 6.45) is 0.365. The second-order valence-corrected chi connectivity index (χ2v) is 3.84. The number of rotatable bonds is 5. The minimum Gasteiger partial charge on any atom is -0.393 e. The molecule has 0 aliphatic rings. The van der Waals surface area contributed by atoms with Gasteiger partial charge < -0.3 is 10.4 Å². The molecule has 2 nitrogen and oxygen atoms in total. The maximum Gasteiger partial charge on any atom is 0.127 e. The Morgan fingerprint density at radius 3 is 2.60 bits per heavy atom. The molecule has 15 heavy (non-hydrogen) atoms. The SMILES string of the molecule is C[C@H](NCC[C@@H](C)O)c1ccccc1F. The average Bonchev–Trinajstić information content (AvgIpc) is 2.17. The highest BCUT2D eigenvalue weighted by atomic mass is 19.1. The molecule has 1 rings (SSSR count). The third-order valence-corrected chi connectivity index (χ3v) is 2.38. The van der Waals surface area contributed by atoms with Crippen LogP contribution < -0.4 is 5.32 Å². The molecule has 0 saturated heterocycles. The van der Waals surface area contributed by atoms with Crippen molar-refractivity contribution in [1.82, 2.24) is 5.32 Å². The normalized spacial score (nSPS) is 14.9. The van der Waals surface area contributed by atoms with Gasteiger partial charge in [0.25, 0.3) is 0 Å². The first kappa shape index (κ1) is 12.1. The maximum absolute atomic E-state index is 13.3. The molecule has 0 aliphatic carbocycles. The fraction of sp³-hybridized carbons (Fsp3) is 0.500. The van der Waals surface area contributed by atoms with E-state index in [0.29, 0.717) is 18.5 Å². The lowest BCUT2D eigenvalue weighted by Gasteiger charge is -2.15. The van der Waals surface area contributed by atoms with Crippen LogP contribution in [0.15, 0.2) is 24.3 Å². The van der Waals surface area contributed by atoms with Gasteiger partial charge in [-0.15, -0.1) is 0 Å². The summed E-state index contributed by atoms with van der Waals surface area (Å²) in [5.41, 5.74) is 0.670. The van der Waals surface area contributed by atoms with Crippen molar-refractivity contribution < 1.29 is 9.50 Å². The molecule has 2 atom stereocenters. The number of aliphatic hydroxyl groups is 1. The first-order valence-electron chi connectivity index (χ1n) is 5.27. The minimum atomic E-state index is -0.315. The van der Waals surface area contributed by atoms with Gasteiger partial charge in [0.15, 0.2) is 0 Å². The maximum atomic E-state index is 13.3. The molecule has 1 aromatic rings. The summed E-state index contributed by atoms with van der Waals surface area (Å²) in [5, 5.41) is 12.2. The molecule has 0 heterocycles. The summed E-state index contributed by atoms with van der Waals surface area (Å²) in [4.78, 5) is 0. The van der Waals surface area contributed by atoms with Gasteiger partial charge in [-0.05, 0) is 32.9 Å². The van der Waals surface area contributed by atoms with E-state index in [-0.39, 0.29) is 18.0 Å². The highest BCUT2D eigenvalue weighted by molar-refractivity contribution is 5.20. The zero-order chi connectivity index (χ0) is 11.3. The van der Waals surface area contributed by atoms with E-state index in [2.05, 4.69) is 5.32 Å². The van der Waals surface area contributed by atoms with Crippen molar-refractivity contribution in [3.8, 4) is 0 Å². The Kier molecular flexibility index (Phi) is 4.72. The number of aliphatic hydroxyl groups excluding tert-OH is 1. The van der Waals surface area contributed by atoms with Crippen LogP contribution >= 0.6 is 0 Å². The quantitative estimate of drug-likeness (QED) is 0.783. The standard InChI is InChI=1S/C12H18FNO/c1-9(15)7-8-14-10(2)11-5-3-4-6-12(11)13/h3-6,9-10,14-15H,7-8H2,1-2H3/t9-,10+/m1/s1. The van der Waals surface area contributed by atoms with Crippen molar-refractivity contribution in [3.63, 3.8) is 0 Å². The highest BCUT2D eigenvalue weighted by Crippen LogP contribution is 2.15. The third-order valence-electron chi connectivity index (χ3n) is 2.38. The summed E-state index contributed by atoms with van der Waals surface area (Å²) in [7, 11) is 0. The Hall–Kier alpha value is -0.930. The molecule has 2 N–H and O–H groups in total. The average molecular weight is 211 g/mol. The molecular formula is C12H18FNO. The van der Waals surface area contributed by atoms with Gasteiger partial charge in [-0.25, -0.2) is 4.39 Å². The van der Waals surface area contributed by atoms with Crippen LogP contribution in [-0.4, -0.2) is 17.8 Å². The van der Waals surface area contributed by atoms with Crippen molar-refractivity contribution in [2.24, 2.45) is 0 Å². The Bertz CT molecular complexity index is 301. The lowest BCUT2D eigenvalue weighted by atomic mass is 10.1. The van der Waals surface area contributed by atoms with Crippen LogP contribution in [0.4, 0.5) is 4.39 Å². The van der Waals surface area contributed by atoms with Gasteiger partial charge in [-0.2, -0.15) is 0 Å². The van der Waals surface area contributed by atoms with E-state index in [9.17, 15) is 4.39 Å². The molecule has 0 bridgehead atoms.